The fraction of sp³-hybridized carbons (Fsp3) is 0.286. The van der Waals surface area contributed by atoms with E-state index in [0.717, 1.165) is 5.56 Å². The molecule has 0 aliphatic rings. The van der Waals surface area contributed by atoms with E-state index in [0.29, 0.717) is 6.42 Å². The van der Waals surface area contributed by atoms with Gasteiger partial charge in [0.05, 0.1) is 0 Å². The quantitative estimate of drug-likeness (QED) is 0.491. The van der Waals surface area contributed by atoms with Gasteiger partial charge in [0.1, 0.15) is 0 Å². The topological polar surface area (TPSA) is 12.0 Å². The largest absolute Gasteiger partial charge is 0.313 e. The molecule has 7 heteroatoms. The zero-order chi connectivity index (χ0) is 15.6. The Morgan fingerprint density at radius 3 is 2.05 bits per heavy atom. The maximum absolute atomic E-state index is 13.7. The van der Waals surface area contributed by atoms with E-state index in [1.807, 2.05) is 16.8 Å². The van der Waals surface area contributed by atoms with E-state index < -0.39 is 40.7 Å². The first-order valence-electron chi connectivity index (χ1n) is 6.17. The second kappa shape index (κ2) is 6.53. The number of hydrogen-bond acceptors (Lipinski definition) is 2. The Morgan fingerprint density at radius 1 is 1.00 bits per heavy atom. The van der Waals surface area contributed by atoms with Crippen molar-refractivity contribution in [1.82, 2.24) is 5.32 Å². The van der Waals surface area contributed by atoms with E-state index in [2.05, 4.69) is 5.32 Å². The van der Waals surface area contributed by atoms with Gasteiger partial charge in [0.15, 0.2) is 23.3 Å². The maximum atomic E-state index is 13.7. The lowest BCUT2D eigenvalue weighted by atomic mass is 9.98. The Labute approximate surface area is 122 Å². The van der Waals surface area contributed by atoms with Gasteiger partial charge in [-0.1, -0.05) is 0 Å². The number of thiophene rings is 1. The molecule has 2 rings (SSSR count). The van der Waals surface area contributed by atoms with Gasteiger partial charge in [0, 0.05) is 11.6 Å². The lowest BCUT2D eigenvalue weighted by Crippen LogP contribution is -2.22. The summed E-state index contributed by atoms with van der Waals surface area (Å²) in [6.45, 7) is 0. The molecule has 0 fully saturated rings. The average Bonchev–Trinajstić information content (AvgIpc) is 3.00. The molecule has 114 valence electrons. The van der Waals surface area contributed by atoms with Gasteiger partial charge in [-0.25, -0.2) is 22.0 Å². The van der Waals surface area contributed by atoms with E-state index in [1.54, 1.807) is 0 Å². The molecule has 0 saturated carbocycles. The van der Waals surface area contributed by atoms with E-state index in [1.165, 1.54) is 18.4 Å². The fourth-order valence-corrected chi connectivity index (χ4v) is 2.81. The zero-order valence-corrected chi connectivity index (χ0v) is 11.8. The highest BCUT2D eigenvalue weighted by atomic mass is 32.1. The van der Waals surface area contributed by atoms with Crippen molar-refractivity contribution >= 4 is 11.3 Å². The molecule has 0 amide bonds. The van der Waals surface area contributed by atoms with E-state index in [4.69, 9.17) is 0 Å². The van der Waals surface area contributed by atoms with Crippen molar-refractivity contribution < 1.29 is 22.0 Å². The SMILES string of the molecule is CNC(CCc1ccsc1)c1c(F)c(F)c(F)c(F)c1F. The molecule has 1 aromatic carbocycles. The molecule has 0 saturated heterocycles. The van der Waals surface area contributed by atoms with Crippen molar-refractivity contribution in [2.45, 2.75) is 18.9 Å². The molecule has 21 heavy (non-hydrogen) atoms. The minimum absolute atomic E-state index is 0.214. The molecular weight excluding hydrogens is 309 g/mol. The van der Waals surface area contributed by atoms with Crippen LogP contribution in [0.5, 0.6) is 0 Å². The van der Waals surface area contributed by atoms with Crippen molar-refractivity contribution in [1.29, 1.82) is 0 Å². The fourth-order valence-electron chi connectivity index (χ4n) is 2.11. The highest BCUT2D eigenvalue weighted by molar-refractivity contribution is 7.07. The van der Waals surface area contributed by atoms with Crippen LogP contribution in [0.1, 0.15) is 23.6 Å². The highest BCUT2D eigenvalue weighted by Gasteiger charge is 2.29. The summed E-state index contributed by atoms with van der Waals surface area (Å²) in [6.07, 6.45) is 0.681. The van der Waals surface area contributed by atoms with Crippen LogP contribution in [0.25, 0.3) is 0 Å². The average molecular weight is 321 g/mol. The van der Waals surface area contributed by atoms with Crippen LogP contribution in [-0.2, 0) is 6.42 Å². The number of hydrogen-bond donors (Lipinski definition) is 1. The van der Waals surface area contributed by atoms with Crippen LogP contribution in [-0.4, -0.2) is 7.05 Å². The van der Waals surface area contributed by atoms with Gasteiger partial charge in [-0.3, -0.25) is 0 Å². The normalized spacial score (nSPS) is 12.7. The number of rotatable bonds is 5. The Balaban J connectivity index is 2.33. The lowest BCUT2D eigenvalue weighted by molar-refractivity contribution is 0.355. The smallest absolute Gasteiger partial charge is 0.200 e. The molecule has 2 aromatic rings. The predicted molar refractivity (Wildman–Crippen MR) is 70.7 cm³/mol. The van der Waals surface area contributed by atoms with Gasteiger partial charge in [-0.05, 0) is 42.3 Å². The van der Waals surface area contributed by atoms with Crippen LogP contribution in [0.2, 0.25) is 0 Å². The van der Waals surface area contributed by atoms with Gasteiger partial charge >= 0.3 is 0 Å². The third-order valence-corrected chi connectivity index (χ3v) is 3.97. The van der Waals surface area contributed by atoms with Gasteiger partial charge < -0.3 is 5.32 Å². The lowest BCUT2D eigenvalue weighted by Gasteiger charge is -2.18. The molecule has 1 aromatic heterocycles. The minimum atomic E-state index is -2.14. The summed E-state index contributed by atoms with van der Waals surface area (Å²) in [6, 6.07) is 0.880. The van der Waals surface area contributed by atoms with Crippen LogP contribution in [0, 0.1) is 29.1 Å². The van der Waals surface area contributed by atoms with E-state index in [9.17, 15) is 22.0 Å². The maximum Gasteiger partial charge on any atom is 0.200 e. The predicted octanol–water partition coefficient (Wildman–Crippen LogP) is 4.34. The minimum Gasteiger partial charge on any atom is -0.313 e. The summed E-state index contributed by atoms with van der Waals surface area (Å²) in [5.41, 5.74) is 0.133. The third-order valence-electron chi connectivity index (χ3n) is 3.24. The molecule has 0 spiro atoms. The van der Waals surface area contributed by atoms with Crippen LogP contribution < -0.4 is 5.32 Å². The summed E-state index contributed by atoms with van der Waals surface area (Å²) in [5, 5.41) is 6.32. The second-order valence-electron chi connectivity index (χ2n) is 4.50. The van der Waals surface area contributed by atoms with Crippen molar-refractivity contribution in [3.63, 3.8) is 0 Å². The van der Waals surface area contributed by atoms with Gasteiger partial charge in [0.25, 0.3) is 0 Å². The van der Waals surface area contributed by atoms with Crippen LogP contribution in [0.4, 0.5) is 22.0 Å². The Morgan fingerprint density at radius 2 is 1.57 bits per heavy atom. The second-order valence-corrected chi connectivity index (χ2v) is 5.28. The molecule has 0 radical (unpaired) electrons. The summed E-state index contributed by atoms with van der Waals surface area (Å²) in [7, 11) is 1.41. The van der Waals surface area contributed by atoms with Gasteiger partial charge in [0.2, 0.25) is 5.82 Å². The standard InChI is InChI=1S/C14H12F5NS/c1-20-8(3-2-7-4-5-21-6-7)9-10(15)12(17)14(19)13(18)11(9)16/h4-6,8,20H,2-3H2,1H3. The van der Waals surface area contributed by atoms with Crippen LogP contribution in [0.3, 0.4) is 0 Å². The molecule has 0 aliphatic heterocycles. The molecule has 1 N–H and O–H groups in total. The first-order chi connectivity index (χ1) is 9.97. The van der Waals surface area contributed by atoms with Crippen LogP contribution in [0.15, 0.2) is 16.8 Å². The van der Waals surface area contributed by atoms with Gasteiger partial charge in [-0.2, -0.15) is 11.3 Å². The van der Waals surface area contributed by atoms with E-state index in [-0.39, 0.29) is 6.42 Å². The molecule has 0 bridgehead atoms. The van der Waals surface area contributed by atoms with Crippen molar-refractivity contribution in [2.24, 2.45) is 0 Å². The zero-order valence-electron chi connectivity index (χ0n) is 11.0. The number of benzene rings is 1. The summed E-state index contributed by atoms with van der Waals surface area (Å²) in [5.74, 6) is -9.53. The number of aryl methyl sites for hydroxylation is 1. The first-order valence-corrected chi connectivity index (χ1v) is 7.11. The summed E-state index contributed by atoms with van der Waals surface area (Å²) in [4.78, 5) is 0. The highest BCUT2D eigenvalue weighted by Crippen LogP contribution is 2.30. The summed E-state index contributed by atoms with van der Waals surface area (Å²) >= 11 is 1.47. The molecular formula is C14H12F5NS. The molecule has 1 unspecified atom stereocenters. The third kappa shape index (κ3) is 3.08. The number of halogens is 5. The van der Waals surface area contributed by atoms with Crippen molar-refractivity contribution in [3.8, 4) is 0 Å². The van der Waals surface area contributed by atoms with E-state index >= 15 is 0 Å². The Hall–Kier alpha value is -1.47. The van der Waals surface area contributed by atoms with Crippen molar-refractivity contribution in [3.05, 3.63) is 57.0 Å². The molecule has 1 atom stereocenters. The Bertz CT molecular complexity index is 598. The number of nitrogens with one attached hydrogen (secondary N) is 1. The first kappa shape index (κ1) is 15.9. The Kier molecular flexibility index (Phi) is 4.95. The van der Waals surface area contributed by atoms with Gasteiger partial charge in [-0.15, -0.1) is 0 Å². The van der Waals surface area contributed by atoms with Crippen molar-refractivity contribution in [2.75, 3.05) is 7.05 Å². The molecule has 1 nitrogen and oxygen atoms in total. The molecule has 0 aliphatic carbocycles. The summed E-state index contributed by atoms with van der Waals surface area (Å²) < 4.78 is 67.0. The monoisotopic (exact) mass is 321 g/mol. The van der Waals surface area contributed by atoms with Crippen LogP contribution >= 0.6 is 11.3 Å². The molecule has 1 heterocycles.